The summed E-state index contributed by atoms with van der Waals surface area (Å²) in [6, 6.07) is 82.6. The van der Waals surface area contributed by atoms with Gasteiger partial charge in [0, 0.05) is 37.1 Å². The molecule has 268 valence electrons. The predicted molar refractivity (Wildman–Crippen MR) is 242 cm³/mol. The van der Waals surface area contributed by atoms with Crippen LogP contribution in [0.1, 0.15) is 22.3 Å². The third-order valence-electron chi connectivity index (χ3n) is 11.7. The Balaban J connectivity index is 1.24. The molecule has 0 spiro atoms. The van der Waals surface area contributed by atoms with Crippen LogP contribution in [-0.2, 0) is 5.41 Å². The van der Waals surface area contributed by atoms with Gasteiger partial charge in [0.1, 0.15) is 0 Å². The minimum atomic E-state index is -0.516. The van der Waals surface area contributed by atoms with Crippen LogP contribution in [-0.4, -0.2) is 0 Å². The Morgan fingerprint density at radius 2 is 0.895 bits per heavy atom. The molecule has 0 unspecified atom stereocenters. The highest BCUT2D eigenvalue weighted by Gasteiger charge is 2.46. The van der Waals surface area contributed by atoms with Crippen molar-refractivity contribution in [2.75, 3.05) is 4.90 Å². The van der Waals surface area contributed by atoms with Crippen molar-refractivity contribution in [1.29, 1.82) is 0 Å². The van der Waals surface area contributed by atoms with Crippen LogP contribution >= 0.6 is 11.3 Å². The lowest BCUT2D eigenvalue weighted by atomic mass is 9.67. The summed E-state index contributed by atoms with van der Waals surface area (Å²) < 4.78 is 2.59. The lowest BCUT2D eigenvalue weighted by molar-refractivity contribution is 0.768. The molecule has 1 aliphatic rings. The van der Waals surface area contributed by atoms with Gasteiger partial charge >= 0.3 is 0 Å². The summed E-state index contributed by atoms with van der Waals surface area (Å²) in [5, 5.41) is 2.56. The molecule has 1 aliphatic carbocycles. The number of nitrogens with zero attached hydrogens (tertiary/aromatic N) is 1. The first-order valence-corrected chi connectivity index (χ1v) is 20.4. The topological polar surface area (TPSA) is 3.24 Å². The zero-order chi connectivity index (χ0) is 37.8. The molecule has 2 heteroatoms. The van der Waals surface area contributed by atoms with Gasteiger partial charge in [0.2, 0.25) is 0 Å². The minimum absolute atomic E-state index is 0.516. The number of benzene rings is 9. The Kier molecular flexibility index (Phi) is 7.98. The first-order valence-electron chi connectivity index (χ1n) is 19.6. The Morgan fingerprint density at radius 1 is 0.351 bits per heavy atom. The van der Waals surface area contributed by atoms with E-state index in [4.69, 9.17) is 0 Å². The second-order valence-corrected chi connectivity index (χ2v) is 15.9. The highest BCUT2D eigenvalue weighted by atomic mass is 32.1. The molecule has 11 rings (SSSR count). The summed E-state index contributed by atoms with van der Waals surface area (Å²) in [5.41, 5.74) is 15.2. The van der Waals surface area contributed by atoms with Crippen LogP contribution in [0.25, 0.3) is 53.6 Å². The largest absolute Gasteiger partial charge is 0.310 e. The molecule has 0 N–H and O–H groups in total. The number of fused-ring (bicyclic) bond motifs is 6. The van der Waals surface area contributed by atoms with Crippen molar-refractivity contribution < 1.29 is 0 Å². The molecule has 9 aromatic carbocycles. The van der Waals surface area contributed by atoms with E-state index in [0.717, 1.165) is 17.1 Å². The Bertz CT molecular complexity index is 3020. The van der Waals surface area contributed by atoms with E-state index < -0.39 is 5.41 Å². The van der Waals surface area contributed by atoms with Crippen molar-refractivity contribution in [1.82, 2.24) is 0 Å². The third-order valence-corrected chi connectivity index (χ3v) is 12.9. The van der Waals surface area contributed by atoms with E-state index in [9.17, 15) is 0 Å². The van der Waals surface area contributed by atoms with Gasteiger partial charge in [-0.2, -0.15) is 0 Å². The first kappa shape index (κ1) is 33.3. The molecule has 10 aromatic rings. The molecule has 0 fully saturated rings. The Labute approximate surface area is 337 Å². The van der Waals surface area contributed by atoms with Crippen LogP contribution in [0.2, 0.25) is 0 Å². The molecule has 0 atom stereocenters. The van der Waals surface area contributed by atoms with Crippen molar-refractivity contribution in [3.8, 4) is 33.4 Å². The zero-order valence-corrected chi connectivity index (χ0v) is 32.0. The van der Waals surface area contributed by atoms with Gasteiger partial charge in [0.25, 0.3) is 0 Å². The normalized spacial score (nSPS) is 12.7. The molecule has 1 heterocycles. The first-order chi connectivity index (χ1) is 28.3. The number of rotatable bonds is 7. The molecule has 57 heavy (non-hydrogen) atoms. The van der Waals surface area contributed by atoms with Crippen LogP contribution in [0.4, 0.5) is 17.1 Å². The highest BCUT2D eigenvalue weighted by molar-refractivity contribution is 7.25. The lowest BCUT2D eigenvalue weighted by Gasteiger charge is -2.35. The zero-order valence-electron chi connectivity index (χ0n) is 31.2. The van der Waals surface area contributed by atoms with Crippen molar-refractivity contribution in [2.45, 2.75) is 5.41 Å². The van der Waals surface area contributed by atoms with E-state index in [-0.39, 0.29) is 0 Å². The average Bonchev–Trinajstić information content (AvgIpc) is 3.81. The van der Waals surface area contributed by atoms with Crippen molar-refractivity contribution >= 4 is 48.6 Å². The fourth-order valence-corrected chi connectivity index (χ4v) is 10.4. The maximum atomic E-state index is 2.50. The molecule has 0 saturated heterocycles. The van der Waals surface area contributed by atoms with Gasteiger partial charge in [-0.15, -0.1) is 11.3 Å². The molecule has 1 nitrogen and oxygen atoms in total. The molecule has 0 radical (unpaired) electrons. The maximum absolute atomic E-state index is 2.50. The standard InChI is InChI=1S/C55H37NS/c1-5-18-38(19-6-1)44-28-17-30-51(54(44)39-20-7-2-8-21-39)56(42-33-35-53-48(36-42)47-27-14-16-31-52(47)57-53)43-32-34-46-45-26-13-15-29-49(45)55(50(46)37-43,40-22-9-3-10-23-40)41-24-11-4-12-25-41/h1-37H. The number of hydrogen-bond acceptors (Lipinski definition) is 2. The van der Waals surface area contributed by atoms with E-state index in [2.05, 4.69) is 229 Å². The fourth-order valence-electron chi connectivity index (χ4n) is 9.34. The summed E-state index contributed by atoms with van der Waals surface area (Å²) in [5.74, 6) is 0. The van der Waals surface area contributed by atoms with E-state index in [0.29, 0.717) is 0 Å². The van der Waals surface area contributed by atoms with Gasteiger partial charge in [0.15, 0.2) is 0 Å². The number of anilines is 3. The monoisotopic (exact) mass is 743 g/mol. The average molecular weight is 744 g/mol. The molecule has 0 aliphatic heterocycles. The SMILES string of the molecule is c1ccc(-c2cccc(N(c3ccc4c(c3)C(c3ccccc3)(c3ccccc3)c3ccccc3-4)c3ccc4sc5ccccc5c4c3)c2-c2ccccc2)cc1. The molecule has 0 bridgehead atoms. The van der Waals surface area contributed by atoms with Gasteiger partial charge in [-0.1, -0.05) is 182 Å². The fraction of sp³-hybridized carbons (Fsp3) is 0.0182. The van der Waals surface area contributed by atoms with Crippen molar-refractivity contribution in [3.63, 3.8) is 0 Å². The Hall–Kier alpha value is -7.00. The summed E-state index contributed by atoms with van der Waals surface area (Å²) in [7, 11) is 0. The minimum Gasteiger partial charge on any atom is -0.310 e. The molecular formula is C55H37NS. The predicted octanol–water partition coefficient (Wildman–Crippen LogP) is 15.2. The van der Waals surface area contributed by atoms with Gasteiger partial charge < -0.3 is 4.90 Å². The lowest BCUT2D eigenvalue weighted by Crippen LogP contribution is -2.28. The van der Waals surface area contributed by atoms with E-state index in [1.165, 1.54) is 75.8 Å². The summed E-state index contributed by atoms with van der Waals surface area (Å²) in [6.07, 6.45) is 0. The van der Waals surface area contributed by atoms with Crippen LogP contribution in [0.15, 0.2) is 224 Å². The maximum Gasteiger partial charge on any atom is 0.0714 e. The smallest absolute Gasteiger partial charge is 0.0714 e. The van der Waals surface area contributed by atoms with Gasteiger partial charge in [0.05, 0.1) is 11.1 Å². The third kappa shape index (κ3) is 5.29. The summed E-state index contributed by atoms with van der Waals surface area (Å²) in [6.45, 7) is 0. The number of hydrogen-bond donors (Lipinski definition) is 0. The molecule has 1 aromatic heterocycles. The summed E-state index contributed by atoms with van der Waals surface area (Å²) in [4.78, 5) is 2.50. The van der Waals surface area contributed by atoms with Crippen molar-refractivity contribution in [3.05, 3.63) is 247 Å². The van der Waals surface area contributed by atoms with Crippen LogP contribution < -0.4 is 4.90 Å². The summed E-state index contributed by atoms with van der Waals surface area (Å²) >= 11 is 1.86. The van der Waals surface area contributed by atoms with Crippen molar-refractivity contribution in [2.24, 2.45) is 0 Å². The van der Waals surface area contributed by atoms with E-state index in [1.54, 1.807) is 0 Å². The molecule has 0 amide bonds. The second kappa shape index (κ2) is 13.6. The number of thiophene rings is 1. The quantitative estimate of drug-likeness (QED) is 0.157. The van der Waals surface area contributed by atoms with Gasteiger partial charge in [-0.05, 0) is 92.5 Å². The molecule has 0 saturated carbocycles. The molecular weight excluding hydrogens is 707 g/mol. The highest BCUT2D eigenvalue weighted by Crippen LogP contribution is 2.58. The van der Waals surface area contributed by atoms with Gasteiger partial charge in [-0.25, -0.2) is 0 Å². The van der Waals surface area contributed by atoms with Crippen LogP contribution in [0.3, 0.4) is 0 Å². The second-order valence-electron chi connectivity index (χ2n) is 14.8. The van der Waals surface area contributed by atoms with E-state index >= 15 is 0 Å². The Morgan fingerprint density at radius 3 is 1.63 bits per heavy atom. The van der Waals surface area contributed by atoms with Gasteiger partial charge in [-0.3, -0.25) is 0 Å². The van der Waals surface area contributed by atoms with E-state index in [1.807, 2.05) is 11.3 Å². The van der Waals surface area contributed by atoms with Crippen LogP contribution in [0, 0.1) is 0 Å². The van der Waals surface area contributed by atoms with Crippen LogP contribution in [0.5, 0.6) is 0 Å².